The molecule has 2 N–H and O–H groups in total. The van der Waals surface area contributed by atoms with Gasteiger partial charge in [-0.2, -0.15) is 0 Å². The van der Waals surface area contributed by atoms with Crippen molar-refractivity contribution in [2.24, 2.45) is 0 Å². The first-order valence-corrected chi connectivity index (χ1v) is 6.83. The Morgan fingerprint density at radius 2 is 1.58 bits per heavy atom. The van der Waals surface area contributed by atoms with E-state index in [-0.39, 0.29) is 17.1 Å². The zero-order chi connectivity index (χ0) is 14.1. The number of hydrogen-bond acceptors (Lipinski definition) is 4. The molecule has 0 bridgehead atoms. The highest BCUT2D eigenvalue weighted by Crippen LogP contribution is 2.21. The molecule has 0 spiro atoms. The fourth-order valence-electron chi connectivity index (χ4n) is 1.84. The van der Waals surface area contributed by atoms with Crippen LogP contribution in [0, 0.1) is 0 Å². The van der Waals surface area contributed by atoms with E-state index in [1.165, 1.54) is 37.5 Å². The number of carbonyl (C=O) groups is 1. The van der Waals surface area contributed by atoms with Crippen LogP contribution in [0.3, 0.4) is 0 Å². The summed E-state index contributed by atoms with van der Waals surface area (Å²) in [6, 6.07) is 3.73. The smallest absolute Gasteiger partial charge is 0.338 e. The monoisotopic (exact) mass is 266 g/mol. The third-order valence-corrected chi connectivity index (χ3v) is 2.87. The molecule has 0 aromatic heterocycles. The van der Waals surface area contributed by atoms with Crippen LogP contribution in [0.1, 0.15) is 55.8 Å². The molecule has 19 heavy (non-hydrogen) atoms. The van der Waals surface area contributed by atoms with Gasteiger partial charge in [0.1, 0.15) is 11.5 Å². The Labute approximate surface area is 114 Å². The zero-order valence-electron chi connectivity index (χ0n) is 11.4. The second-order valence-electron chi connectivity index (χ2n) is 4.64. The van der Waals surface area contributed by atoms with Gasteiger partial charge in [-0.15, -0.1) is 0 Å². The van der Waals surface area contributed by atoms with Gasteiger partial charge < -0.3 is 14.9 Å². The van der Waals surface area contributed by atoms with Gasteiger partial charge in [0.25, 0.3) is 0 Å². The average Bonchev–Trinajstić information content (AvgIpc) is 2.36. The van der Waals surface area contributed by atoms with Crippen molar-refractivity contribution in [2.45, 2.75) is 45.4 Å². The van der Waals surface area contributed by atoms with Crippen molar-refractivity contribution in [1.82, 2.24) is 0 Å². The second-order valence-corrected chi connectivity index (χ2v) is 4.64. The summed E-state index contributed by atoms with van der Waals surface area (Å²) in [5.41, 5.74) is 0.170. The molecule has 0 amide bonds. The first kappa shape index (κ1) is 15.3. The lowest BCUT2D eigenvalue weighted by Crippen LogP contribution is -2.06. The highest BCUT2D eigenvalue weighted by molar-refractivity contribution is 5.90. The van der Waals surface area contributed by atoms with Crippen LogP contribution < -0.4 is 0 Å². The molecule has 0 unspecified atom stereocenters. The summed E-state index contributed by atoms with van der Waals surface area (Å²) in [5, 5.41) is 18.5. The number of esters is 1. The molecule has 106 valence electrons. The largest absolute Gasteiger partial charge is 0.508 e. The minimum atomic E-state index is -0.514. The van der Waals surface area contributed by atoms with Gasteiger partial charge in [0.2, 0.25) is 0 Å². The molecule has 0 aliphatic heterocycles. The van der Waals surface area contributed by atoms with Gasteiger partial charge in [-0.1, -0.05) is 39.0 Å². The maximum Gasteiger partial charge on any atom is 0.338 e. The van der Waals surface area contributed by atoms with E-state index in [9.17, 15) is 15.0 Å². The van der Waals surface area contributed by atoms with Crippen LogP contribution in [0.5, 0.6) is 11.5 Å². The molecular weight excluding hydrogens is 244 g/mol. The molecule has 1 aromatic rings. The summed E-state index contributed by atoms with van der Waals surface area (Å²) in [7, 11) is 0. The van der Waals surface area contributed by atoms with Crippen molar-refractivity contribution in [3.63, 3.8) is 0 Å². The SMILES string of the molecule is CCCCCCCCOC(=O)c1cc(O)cc(O)c1. The standard InChI is InChI=1S/C15H22O4/c1-2-3-4-5-6-7-8-19-15(18)12-9-13(16)11-14(17)10-12/h9-11,16-17H,2-8H2,1H3. The maximum atomic E-state index is 11.6. The number of aromatic hydroxyl groups is 2. The molecule has 1 aromatic carbocycles. The summed E-state index contributed by atoms with van der Waals surface area (Å²) in [5.74, 6) is -0.808. The van der Waals surface area contributed by atoms with E-state index in [1.807, 2.05) is 0 Å². The minimum Gasteiger partial charge on any atom is -0.508 e. The van der Waals surface area contributed by atoms with Crippen molar-refractivity contribution < 1.29 is 19.7 Å². The Bertz CT molecular complexity index is 381. The lowest BCUT2D eigenvalue weighted by atomic mass is 10.1. The number of ether oxygens (including phenoxy) is 1. The molecule has 4 heteroatoms. The normalized spacial score (nSPS) is 10.4. The average molecular weight is 266 g/mol. The summed E-state index contributed by atoms with van der Waals surface area (Å²) in [4.78, 5) is 11.6. The molecule has 1 rings (SSSR count). The number of carbonyl (C=O) groups excluding carboxylic acids is 1. The highest BCUT2D eigenvalue weighted by atomic mass is 16.5. The lowest BCUT2D eigenvalue weighted by molar-refractivity contribution is 0.0496. The van der Waals surface area contributed by atoms with E-state index >= 15 is 0 Å². The van der Waals surface area contributed by atoms with Gasteiger partial charge in [-0.25, -0.2) is 4.79 Å². The lowest BCUT2D eigenvalue weighted by Gasteiger charge is -2.06. The van der Waals surface area contributed by atoms with Gasteiger partial charge in [-0.05, 0) is 18.6 Å². The number of hydrogen-bond donors (Lipinski definition) is 2. The van der Waals surface area contributed by atoms with E-state index in [1.54, 1.807) is 0 Å². The van der Waals surface area contributed by atoms with Gasteiger partial charge >= 0.3 is 5.97 Å². The van der Waals surface area contributed by atoms with Crippen LogP contribution in [0.2, 0.25) is 0 Å². The fourth-order valence-corrected chi connectivity index (χ4v) is 1.84. The Hall–Kier alpha value is -1.71. The third kappa shape index (κ3) is 6.13. The van der Waals surface area contributed by atoms with Crippen LogP contribution in [0.15, 0.2) is 18.2 Å². The van der Waals surface area contributed by atoms with Gasteiger partial charge in [0.15, 0.2) is 0 Å². The second kappa shape index (κ2) is 8.40. The van der Waals surface area contributed by atoms with Crippen LogP contribution in [-0.4, -0.2) is 22.8 Å². The molecule has 0 saturated heterocycles. The van der Waals surface area contributed by atoms with Crippen LogP contribution in [0.25, 0.3) is 0 Å². The van der Waals surface area contributed by atoms with Crippen molar-refractivity contribution >= 4 is 5.97 Å². The molecule has 0 heterocycles. The Balaban J connectivity index is 2.24. The number of phenolic OH excluding ortho intramolecular Hbond substituents is 2. The van der Waals surface area contributed by atoms with Crippen molar-refractivity contribution in [3.05, 3.63) is 23.8 Å². The van der Waals surface area contributed by atoms with Crippen LogP contribution in [0.4, 0.5) is 0 Å². The van der Waals surface area contributed by atoms with E-state index in [0.29, 0.717) is 6.61 Å². The van der Waals surface area contributed by atoms with Crippen LogP contribution >= 0.6 is 0 Å². The van der Waals surface area contributed by atoms with E-state index in [4.69, 9.17) is 4.74 Å². The highest BCUT2D eigenvalue weighted by Gasteiger charge is 2.09. The van der Waals surface area contributed by atoms with Crippen LogP contribution in [-0.2, 0) is 4.74 Å². The number of benzene rings is 1. The molecule has 0 saturated carbocycles. The van der Waals surface area contributed by atoms with Crippen molar-refractivity contribution in [1.29, 1.82) is 0 Å². The Kier molecular flexibility index (Phi) is 6.79. The van der Waals surface area contributed by atoms with E-state index < -0.39 is 5.97 Å². The predicted molar refractivity (Wildman–Crippen MR) is 73.4 cm³/mol. The quantitative estimate of drug-likeness (QED) is 0.557. The van der Waals surface area contributed by atoms with Gasteiger partial charge in [0, 0.05) is 6.07 Å². The van der Waals surface area contributed by atoms with Gasteiger partial charge in [-0.3, -0.25) is 0 Å². The van der Waals surface area contributed by atoms with Gasteiger partial charge in [0.05, 0.1) is 12.2 Å². The van der Waals surface area contributed by atoms with Crippen molar-refractivity contribution in [2.75, 3.05) is 6.61 Å². The summed E-state index contributed by atoms with van der Waals surface area (Å²) in [6.45, 7) is 2.55. The Morgan fingerprint density at radius 3 is 2.21 bits per heavy atom. The number of unbranched alkanes of at least 4 members (excludes halogenated alkanes) is 5. The fraction of sp³-hybridized carbons (Fsp3) is 0.533. The summed E-state index contributed by atoms with van der Waals surface area (Å²) < 4.78 is 5.08. The molecular formula is C15H22O4. The summed E-state index contributed by atoms with van der Waals surface area (Å²) >= 11 is 0. The molecule has 0 aliphatic carbocycles. The van der Waals surface area contributed by atoms with E-state index in [2.05, 4.69) is 6.92 Å². The maximum absolute atomic E-state index is 11.6. The number of phenols is 2. The molecule has 0 atom stereocenters. The molecule has 0 fully saturated rings. The molecule has 4 nitrogen and oxygen atoms in total. The summed E-state index contributed by atoms with van der Waals surface area (Å²) in [6.07, 6.45) is 6.76. The first-order valence-electron chi connectivity index (χ1n) is 6.83. The Morgan fingerprint density at radius 1 is 1.00 bits per heavy atom. The zero-order valence-corrected chi connectivity index (χ0v) is 11.4. The molecule has 0 radical (unpaired) electrons. The predicted octanol–water partition coefficient (Wildman–Crippen LogP) is 3.62. The number of rotatable bonds is 8. The third-order valence-electron chi connectivity index (χ3n) is 2.87. The topological polar surface area (TPSA) is 66.8 Å². The molecule has 0 aliphatic rings. The van der Waals surface area contributed by atoms with E-state index in [0.717, 1.165) is 19.3 Å². The van der Waals surface area contributed by atoms with Crippen molar-refractivity contribution in [3.8, 4) is 11.5 Å². The minimum absolute atomic E-state index is 0.147. The first-order chi connectivity index (χ1) is 9.13.